The Morgan fingerprint density at radius 3 is 2.04 bits per heavy atom. The van der Waals surface area contributed by atoms with Crippen molar-refractivity contribution in [3.8, 4) is 11.1 Å². The lowest BCUT2D eigenvalue weighted by molar-refractivity contribution is -0.119. The molecule has 0 aliphatic rings. The number of carbonyl (C=O) groups excluding carboxylic acids is 2. The third kappa shape index (κ3) is 5.66. The van der Waals surface area contributed by atoms with Gasteiger partial charge in [0, 0.05) is 25.6 Å². The van der Waals surface area contributed by atoms with E-state index in [0.717, 1.165) is 23.1 Å². The lowest BCUT2D eigenvalue weighted by Gasteiger charge is -2.21. The van der Waals surface area contributed by atoms with Crippen LogP contribution in [0.5, 0.6) is 0 Å². The molecule has 5 heteroatoms. The standard InChI is InChI=1S/C22H28N2O3/c1-4-13-24(14-15-25)22(27)21-11-9-20(10-12-21)19-7-5-18(6-8-19)16(2)23-17(3)26/h5-12,16,25H,4,13-15H2,1-3H3,(H,23,26). The summed E-state index contributed by atoms with van der Waals surface area (Å²) in [6.07, 6.45) is 0.854. The van der Waals surface area contributed by atoms with Gasteiger partial charge in [0.25, 0.3) is 5.91 Å². The lowest BCUT2D eigenvalue weighted by atomic mass is 10.00. The minimum Gasteiger partial charge on any atom is -0.395 e. The van der Waals surface area contributed by atoms with Crippen LogP contribution < -0.4 is 5.32 Å². The number of aliphatic hydroxyl groups is 1. The molecular formula is C22H28N2O3. The molecule has 0 saturated carbocycles. The van der Waals surface area contributed by atoms with Gasteiger partial charge in [0.15, 0.2) is 0 Å². The summed E-state index contributed by atoms with van der Waals surface area (Å²) in [6.45, 7) is 6.42. The molecule has 0 saturated heterocycles. The zero-order chi connectivity index (χ0) is 19.8. The molecule has 0 bridgehead atoms. The second kappa shape index (κ2) is 9.88. The molecule has 0 aliphatic carbocycles. The highest BCUT2D eigenvalue weighted by molar-refractivity contribution is 5.94. The number of carbonyl (C=O) groups is 2. The second-order valence-corrected chi connectivity index (χ2v) is 6.64. The van der Waals surface area contributed by atoms with E-state index >= 15 is 0 Å². The van der Waals surface area contributed by atoms with Crippen molar-refractivity contribution in [2.45, 2.75) is 33.2 Å². The Labute approximate surface area is 161 Å². The van der Waals surface area contributed by atoms with Gasteiger partial charge in [0.05, 0.1) is 12.6 Å². The van der Waals surface area contributed by atoms with Crippen LogP contribution in [0.4, 0.5) is 0 Å². The Bertz CT molecular complexity index is 748. The van der Waals surface area contributed by atoms with Gasteiger partial charge in [-0.15, -0.1) is 0 Å². The Hall–Kier alpha value is -2.66. The normalized spacial score (nSPS) is 11.7. The zero-order valence-corrected chi connectivity index (χ0v) is 16.2. The second-order valence-electron chi connectivity index (χ2n) is 6.64. The summed E-state index contributed by atoms with van der Waals surface area (Å²) in [7, 11) is 0. The molecule has 144 valence electrons. The monoisotopic (exact) mass is 368 g/mol. The van der Waals surface area contributed by atoms with Crippen molar-refractivity contribution in [2.75, 3.05) is 19.7 Å². The number of aliphatic hydroxyl groups excluding tert-OH is 1. The molecule has 0 radical (unpaired) electrons. The van der Waals surface area contributed by atoms with Crippen LogP contribution in [0.3, 0.4) is 0 Å². The van der Waals surface area contributed by atoms with Crippen molar-refractivity contribution in [1.29, 1.82) is 0 Å². The minimum atomic E-state index is -0.0584. The van der Waals surface area contributed by atoms with Gasteiger partial charge in [0.1, 0.15) is 0 Å². The van der Waals surface area contributed by atoms with E-state index < -0.39 is 0 Å². The molecule has 1 unspecified atom stereocenters. The average molecular weight is 368 g/mol. The summed E-state index contributed by atoms with van der Waals surface area (Å²) in [4.78, 5) is 25.4. The fraction of sp³-hybridized carbons (Fsp3) is 0.364. The van der Waals surface area contributed by atoms with Crippen molar-refractivity contribution in [3.63, 3.8) is 0 Å². The van der Waals surface area contributed by atoms with Crippen LogP contribution in [0, 0.1) is 0 Å². The van der Waals surface area contributed by atoms with Gasteiger partial charge in [0.2, 0.25) is 5.91 Å². The van der Waals surface area contributed by atoms with Gasteiger partial charge in [-0.2, -0.15) is 0 Å². The van der Waals surface area contributed by atoms with Gasteiger partial charge in [-0.3, -0.25) is 9.59 Å². The smallest absolute Gasteiger partial charge is 0.253 e. The number of hydrogen-bond donors (Lipinski definition) is 2. The molecule has 2 N–H and O–H groups in total. The van der Waals surface area contributed by atoms with Crippen molar-refractivity contribution in [3.05, 3.63) is 59.7 Å². The molecule has 27 heavy (non-hydrogen) atoms. The highest BCUT2D eigenvalue weighted by Crippen LogP contribution is 2.23. The molecule has 0 fully saturated rings. The molecule has 2 rings (SSSR count). The number of nitrogens with one attached hydrogen (secondary N) is 1. The zero-order valence-electron chi connectivity index (χ0n) is 16.2. The predicted octanol–water partition coefficient (Wildman–Crippen LogP) is 3.40. The Balaban J connectivity index is 2.12. The topological polar surface area (TPSA) is 69.6 Å². The third-order valence-electron chi connectivity index (χ3n) is 4.45. The molecule has 2 aromatic carbocycles. The highest BCUT2D eigenvalue weighted by Gasteiger charge is 2.14. The van der Waals surface area contributed by atoms with E-state index in [9.17, 15) is 9.59 Å². The first-order valence-electron chi connectivity index (χ1n) is 9.34. The van der Waals surface area contributed by atoms with Crippen LogP contribution in [-0.4, -0.2) is 41.5 Å². The molecule has 1 atom stereocenters. The van der Waals surface area contributed by atoms with Gasteiger partial charge >= 0.3 is 0 Å². The van der Waals surface area contributed by atoms with Crippen LogP contribution in [0.25, 0.3) is 11.1 Å². The molecular weight excluding hydrogens is 340 g/mol. The van der Waals surface area contributed by atoms with E-state index in [2.05, 4.69) is 5.32 Å². The number of nitrogens with zero attached hydrogens (tertiary/aromatic N) is 1. The lowest BCUT2D eigenvalue weighted by Crippen LogP contribution is -2.34. The fourth-order valence-corrected chi connectivity index (χ4v) is 3.05. The molecule has 0 aliphatic heterocycles. The van der Waals surface area contributed by atoms with E-state index in [1.807, 2.05) is 62.4 Å². The van der Waals surface area contributed by atoms with Crippen molar-refractivity contribution in [2.24, 2.45) is 0 Å². The van der Waals surface area contributed by atoms with Gasteiger partial charge < -0.3 is 15.3 Å². The van der Waals surface area contributed by atoms with Crippen LogP contribution in [-0.2, 0) is 4.79 Å². The van der Waals surface area contributed by atoms with Gasteiger partial charge in [-0.25, -0.2) is 0 Å². The summed E-state index contributed by atoms with van der Waals surface area (Å²) < 4.78 is 0. The van der Waals surface area contributed by atoms with Crippen molar-refractivity contribution < 1.29 is 14.7 Å². The molecule has 2 aromatic rings. The third-order valence-corrected chi connectivity index (χ3v) is 4.45. The van der Waals surface area contributed by atoms with Crippen molar-refractivity contribution >= 4 is 11.8 Å². The summed E-state index contributed by atoms with van der Waals surface area (Å²) in [6, 6.07) is 15.5. The van der Waals surface area contributed by atoms with E-state index in [-0.39, 0.29) is 24.5 Å². The largest absolute Gasteiger partial charge is 0.395 e. The number of rotatable bonds is 8. The SMILES string of the molecule is CCCN(CCO)C(=O)c1ccc(-c2ccc(C(C)NC(C)=O)cc2)cc1. The maximum Gasteiger partial charge on any atom is 0.253 e. The molecule has 0 aromatic heterocycles. The van der Waals surface area contributed by atoms with Crippen LogP contribution in [0.1, 0.15) is 49.2 Å². The van der Waals surface area contributed by atoms with E-state index in [1.165, 1.54) is 6.92 Å². The Kier molecular flexibility index (Phi) is 7.55. The van der Waals surface area contributed by atoms with Crippen molar-refractivity contribution in [1.82, 2.24) is 10.2 Å². The average Bonchev–Trinajstić information content (AvgIpc) is 2.67. The number of amides is 2. The molecule has 0 heterocycles. The van der Waals surface area contributed by atoms with E-state index in [0.29, 0.717) is 18.7 Å². The van der Waals surface area contributed by atoms with E-state index in [4.69, 9.17) is 5.11 Å². The van der Waals surface area contributed by atoms with Crippen LogP contribution in [0.15, 0.2) is 48.5 Å². The first-order valence-corrected chi connectivity index (χ1v) is 9.34. The van der Waals surface area contributed by atoms with Crippen LogP contribution >= 0.6 is 0 Å². The maximum atomic E-state index is 12.6. The molecule has 5 nitrogen and oxygen atoms in total. The molecule has 0 spiro atoms. The molecule has 2 amide bonds. The predicted molar refractivity (Wildman–Crippen MR) is 107 cm³/mol. The number of hydrogen-bond acceptors (Lipinski definition) is 3. The first-order chi connectivity index (χ1) is 13.0. The summed E-state index contributed by atoms with van der Waals surface area (Å²) in [5.74, 6) is -0.109. The van der Waals surface area contributed by atoms with E-state index in [1.54, 1.807) is 4.90 Å². The van der Waals surface area contributed by atoms with Gasteiger partial charge in [-0.05, 0) is 42.2 Å². The Morgan fingerprint density at radius 2 is 1.56 bits per heavy atom. The quantitative estimate of drug-likeness (QED) is 0.750. The first kappa shape index (κ1) is 20.6. The minimum absolute atomic E-state index is 0.0346. The Morgan fingerprint density at radius 1 is 1.00 bits per heavy atom. The fourth-order valence-electron chi connectivity index (χ4n) is 3.05. The summed E-state index contributed by atoms with van der Waals surface area (Å²) in [5, 5.41) is 12.0. The summed E-state index contributed by atoms with van der Waals surface area (Å²) >= 11 is 0. The number of benzene rings is 2. The highest BCUT2D eigenvalue weighted by atomic mass is 16.3. The van der Waals surface area contributed by atoms with Crippen LogP contribution in [0.2, 0.25) is 0 Å². The summed E-state index contributed by atoms with van der Waals surface area (Å²) in [5.41, 5.74) is 3.74. The van der Waals surface area contributed by atoms with Gasteiger partial charge in [-0.1, -0.05) is 43.3 Å². The maximum absolute atomic E-state index is 12.6.